The molecule has 2 saturated heterocycles. The summed E-state index contributed by atoms with van der Waals surface area (Å²) in [7, 11) is 0. The van der Waals surface area contributed by atoms with Gasteiger partial charge >= 0.3 is 12.2 Å². The summed E-state index contributed by atoms with van der Waals surface area (Å²) in [5.41, 5.74) is 1.46. The van der Waals surface area contributed by atoms with Crippen molar-refractivity contribution >= 4 is 36.2 Å². The van der Waals surface area contributed by atoms with E-state index in [9.17, 15) is 19.2 Å². The van der Waals surface area contributed by atoms with Gasteiger partial charge < -0.3 is 18.9 Å². The third-order valence-electron chi connectivity index (χ3n) is 6.58. The van der Waals surface area contributed by atoms with Gasteiger partial charge in [0.25, 0.3) is 11.8 Å². The molecule has 0 radical (unpaired) electrons. The van der Waals surface area contributed by atoms with Crippen molar-refractivity contribution in [3.05, 3.63) is 71.2 Å². The van der Waals surface area contributed by atoms with E-state index < -0.39 is 24.0 Å². The Hall–Kier alpha value is -4.60. The Bertz CT molecular complexity index is 1190. The standard InChI is InChI=1S/C28H26N2O8/c31-25-23(37-27(33)29-25)13-17-5-9-21(10-6-17)35-15-19-1-2-20(4-3-19)16-36-22-11-7-18(8-12-22)14-24-26(32)30-28(34)38-24/h5-14,19-20H,1-4,15-16H2,(H,29,31,33)(H,30,32,34)/b23-13+,24-14+. The molecule has 10 heteroatoms. The van der Waals surface area contributed by atoms with Crippen molar-refractivity contribution in [2.24, 2.45) is 11.8 Å². The third-order valence-corrected chi connectivity index (χ3v) is 6.58. The van der Waals surface area contributed by atoms with Crippen molar-refractivity contribution in [1.29, 1.82) is 0 Å². The van der Waals surface area contributed by atoms with Crippen LogP contribution in [0.5, 0.6) is 11.5 Å². The number of benzene rings is 2. The number of amides is 4. The van der Waals surface area contributed by atoms with Crippen LogP contribution in [0.4, 0.5) is 9.59 Å². The Morgan fingerprint density at radius 2 is 1.00 bits per heavy atom. The normalized spacial score (nSPS) is 23.2. The van der Waals surface area contributed by atoms with Crippen molar-refractivity contribution in [2.75, 3.05) is 13.2 Å². The van der Waals surface area contributed by atoms with Gasteiger partial charge in [0.2, 0.25) is 0 Å². The number of nitrogens with one attached hydrogen (secondary N) is 2. The number of carbonyl (C=O) groups is 4. The highest BCUT2D eigenvalue weighted by atomic mass is 16.6. The number of hydrogen-bond acceptors (Lipinski definition) is 8. The predicted molar refractivity (Wildman–Crippen MR) is 135 cm³/mol. The first-order chi connectivity index (χ1) is 18.4. The van der Waals surface area contributed by atoms with Gasteiger partial charge in [0.1, 0.15) is 11.5 Å². The fourth-order valence-electron chi connectivity index (χ4n) is 4.46. The number of hydrogen-bond donors (Lipinski definition) is 2. The predicted octanol–water partition coefficient (Wildman–Crippen LogP) is 4.17. The highest BCUT2D eigenvalue weighted by molar-refractivity contribution is 6.10. The molecule has 5 rings (SSSR count). The molecule has 3 aliphatic rings. The van der Waals surface area contributed by atoms with E-state index >= 15 is 0 Å². The van der Waals surface area contributed by atoms with Gasteiger partial charge in [-0.1, -0.05) is 24.3 Å². The van der Waals surface area contributed by atoms with Crippen LogP contribution in [0, 0.1) is 11.8 Å². The lowest BCUT2D eigenvalue weighted by Crippen LogP contribution is -2.23. The summed E-state index contributed by atoms with van der Waals surface area (Å²) in [6.45, 7) is 1.27. The van der Waals surface area contributed by atoms with Crippen LogP contribution in [-0.4, -0.2) is 37.2 Å². The maximum absolute atomic E-state index is 11.6. The third kappa shape index (κ3) is 6.39. The van der Waals surface area contributed by atoms with Crippen LogP contribution in [0.25, 0.3) is 12.2 Å². The lowest BCUT2D eigenvalue weighted by Gasteiger charge is -2.28. The van der Waals surface area contributed by atoms with E-state index in [0.717, 1.165) is 48.3 Å². The fraction of sp³-hybridized carbons (Fsp3) is 0.286. The van der Waals surface area contributed by atoms with E-state index in [-0.39, 0.29) is 11.5 Å². The highest BCUT2D eigenvalue weighted by Crippen LogP contribution is 2.30. The second-order valence-corrected chi connectivity index (χ2v) is 9.35. The van der Waals surface area contributed by atoms with E-state index in [1.807, 2.05) is 24.3 Å². The number of carbonyl (C=O) groups excluding carboxylic acids is 4. The molecule has 10 nitrogen and oxygen atoms in total. The molecular formula is C28H26N2O8. The van der Waals surface area contributed by atoms with E-state index in [0.29, 0.717) is 25.0 Å². The Kier molecular flexibility index (Phi) is 7.39. The van der Waals surface area contributed by atoms with Crippen molar-refractivity contribution < 1.29 is 38.1 Å². The summed E-state index contributed by atoms with van der Waals surface area (Å²) in [5.74, 6) is 1.30. The van der Waals surface area contributed by atoms with E-state index in [1.165, 1.54) is 12.2 Å². The zero-order valence-corrected chi connectivity index (χ0v) is 20.4. The molecule has 196 valence electrons. The average Bonchev–Trinajstić information content (AvgIpc) is 3.41. The van der Waals surface area contributed by atoms with Gasteiger partial charge in [-0.2, -0.15) is 0 Å². The molecule has 0 bridgehead atoms. The van der Waals surface area contributed by atoms with Crippen LogP contribution in [0.3, 0.4) is 0 Å². The van der Waals surface area contributed by atoms with Crippen molar-refractivity contribution in [3.8, 4) is 11.5 Å². The molecule has 2 heterocycles. The van der Waals surface area contributed by atoms with E-state index in [1.54, 1.807) is 24.3 Å². The van der Waals surface area contributed by atoms with Crippen molar-refractivity contribution in [3.63, 3.8) is 0 Å². The summed E-state index contributed by atoms with van der Waals surface area (Å²) in [4.78, 5) is 45.3. The van der Waals surface area contributed by atoms with Crippen LogP contribution in [-0.2, 0) is 19.1 Å². The number of cyclic esters (lactones) is 2. The number of rotatable bonds is 8. The zero-order valence-electron chi connectivity index (χ0n) is 20.4. The quantitative estimate of drug-likeness (QED) is 0.499. The van der Waals surface area contributed by atoms with Crippen molar-refractivity contribution in [2.45, 2.75) is 25.7 Å². The monoisotopic (exact) mass is 518 g/mol. The zero-order chi connectivity index (χ0) is 26.5. The molecule has 3 fully saturated rings. The first-order valence-electron chi connectivity index (χ1n) is 12.4. The molecule has 0 atom stereocenters. The van der Waals surface area contributed by atoms with E-state index in [4.69, 9.17) is 18.9 Å². The second-order valence-electron chi connectivity index (χ2n) is 9.35. The summed E-state index contributed by atoms with van der Waals surface area (Å²) in [6.07, 6.45) is 5.73. The van der Waals surface area contributed by atoms with Gasteiger partial charge in [0.05, 0.1) is 13.2 Å². The average molecular weight is 519 g/mol. The minimum absolute atomic E-state index is 0.0253. The SMILES string of the molecule is O=C1NC(=O)/C(=C\c2ccc(OCC3CCC(COc4ccc(/C=C5/OC(=O)NC5=O)cc4)CC3)cc2)O1. The number of imide groups is 2. The summed E-state index contributed by atoms with van der Waals surface area (Å²) >= 11 is 0. The van der Waals surface area contributed by atoms with Crippen molar-refractivity contribution in [1.82, 2.24) is 10.6 Å². The largest absolute Gasteiger partial charge is 0.493 e. The van der Waals surface area contributed by atoms with Gasteiger partial charge in [-0.15, -0.1) is 0 Å². The lowest BCUT2D eigenvalue weighted by atomic mass is 9.83. The molecule has 0 unspecified atom stereocenters. The van der Waals surface area contributed by atoms with Gasteiger partial charge in [0.15, 0.2) is 11.5 Å². The van der Waals surface area contributed by atoms with Crippen LogP contribution in [0.2, 0.25) is 0 Å². The highest BCUT2D eigenvalue weighted by Gasteiger charge is 2.27. The molecule has 0 aromatic heterocycles. The van der Waals surface area contributed by atoms with E-state index in [2.05, 4.69) is 10.6 Å². The fourth-order valence-corrected chi connectivity index (χ4v) is 4.46. The molecule has 2 aliphatic heterocycles. The van der Waals surface area contributed by atoms with Crippen LogP contribution in [0.15, 0.2) is 60.0 Å². The molecule has 2 aromatic carbocycles. The van der Waals surface area contributed by atoms with Crippen LogP contribution in [0.1, 0.15) is 36.8 Å². The first kappa shape index (κ1) is 25.1. The summed E-state index contributed by atoms with van der Waals surface area (Å²) in [6, 6.07) is 14.5. The molecule has 2 N–H and O–H groups in total. The molecule has 4 amide bonds. The molecule has 38 heavy (non-hydrogen) atoms. The second kappa shape index (κ2) is 11.2. The van der Waals surface area contributed by atoms with Gasteiger partial charge in [-0.3, -0.25) is 20.2 Å². The smallest absolute Gasteiger partial charge is 0.419 e. The topological polar surface area (TPSA) is 129 Å². The lowest BCUT2D eigenvalue weighted by molar-refractivity contribution is -0.117. The molecule has 2 aromatic rings. The molecule has 1 aliphatic carbocycles. The first-order valence-corrected chi connectivity index (χ1v) is 12.4. The van der Waals surface area contributed by atoms with Crippen LogP contribution >= 0.6 is 0 Å². The summed E-state index contributed by atoms with van der Waals surface area (Å²) < 4.78 is 21.6. The minimum atomic E-state index is -0.766. The maximum atomic E-state index is 11.6. The summed E-state index contributed by atoms with van der Waals surface area (Å²) in [5, 5.41) is 4.13. The Morgan fingerprint density at radius 1 is 0.632 bits per heavy atom. The van der Waals surface area contributed by atoms with Gasteiger partial charge in [0, 0.05) is 0 Å². The molecule has 1 saturated carbocycles. The van der Waals surface area contributed by atoms with Gasteiger partial charge in [-0.25, -0.2) is 9.59 Å². The maximum Gasteiger partial charge on any atom is 0.419 e. The Morgan fingerprint density at radius 3 is 1.32 bits per heavy atom. The number of alkyl carbamates (subject to hydrolysis) is 2. The van der Waals surface area contributed by atoms with Crippen LogP contribution < -0.4 is 20.1 Å². The Balaban J connectivity index is 1.02. The van der Waals surface area contributed by atoms with Gasteiger partial charge in [-0.05, 0) is 85.1 Å². The minimum Gasteiger partial charge on any atom is -0.493 e. The molecule has 0 spiro atoms. The Labute approximate surface area is 218 Å². The number of ether oxygens (including phenoxy) is 4. The molecular weight excluding hydrogens is 492 g/mol.